The predicted molar refractivity (Wildman–Crippen MR) is 123 cm³/mol. The molecule has 2 heterocycles. The molecule has 0 unspecified atom stereocenters. The maximum atomic E-state index is 12.8. The van der Waals surface area contributed by atoms with Gasteiger partial charge in [0.1, 0.15) is 17.2 Å². The topological polar surface area (TPSA) is 110 Å². The summed E-state index contributed by atoms with van der Waals surface area (Å²) in [6.45, 7) is 0.628. The van der Waals surface area contributed by atoms with Crippen LogP contribution in [0.2, 0.25) is 0 Å². The van der Waals surface area contributed by atoms with Gasteiger partial charge in [-0.25, -0.2) is 8.42 Å². The largest absolute Gasteiger partial charge is 0.497 e. The van der Waals surface area contributed by atoms with Crippen molar-refractivity contribution in [2.24, 2.45) is 4.99 Å². The van der Waals surface area contributed by atoms with Gasteiger partial charge in [-0.15, -0.1) is 0 Å². The molecule has 0 bridgehead atoms. The van der Waals surface area contributed by atoms with Crippen LogP contribution in [0.15, 0.2) is 63.0 Å². The van der Waals surface area contributed by atoms with Crippen molar-refractivity contribution in [1.82, 2.24) is 4.72 Å². The molecular weight excluding hydrogens is 430 g/mol. The van der Waals surface area contributed by atoms with E-state index in [1.807, 2.05) is 6.07 Å². The molecule has 4 rings (SSSR count). The van der Waals surface area contributed by atoms with E-state index in [0.717, 1.165) is 30.2 Å². The number of ether oxygens (including phenoxy) is 1. The van der Waals surface area contributed by atoms with Gasteiger partial charge >= 0.3 is 0 Å². The third-order valence-electron chi connectivity index (χ3n) is 5.27. The second kappa shape index (κ2) is 9.44. The zero-order valence-corrected chi connectivity index (χ0v) is 18.6. The molecule has 0 spiro atoms. The average Bonchev–Trinajstić information content (AvgIpc) is 2.99. The van der Waals surface area contributed by atoms with Gasteiger partial charge in [-0.1, -0.05) is 12.5 Å². The molecule has 1 aliphatic rings. The molecule has 8 nitrogen and oxygen atoms in total. The predicted octanol–water partition coefficient (Wildman–Crippen LogP) is 3.87. The molecule has 168 valence electrons. The van der Waals surface area contributed by atoms with Gasteiger partial charge in [0.05, 0.1) is 24.7 Å². The van der Waals surface area contributed by atoms with E-state index in [9.17, 15) is 13.2 Å². The molecular formula is C23H25N3O5S. The summed E-state index contributed by atoms with van der Waals surface area (Å²) in [5.41, 5.74) is 1.76. The number of nitrogens with zero attached hydrogens (tertiary/aromatic N) is 1. The van der Waals surface area contributed by atoms with Gasteiger partial charge in [0.25, 0.3) is 10.0 Å². The van der Waals surface area contributed by atoms with Gasteiger partial charge in [-0.05, 0) is 43.2 Å². The molecule has 1 amide bonds. The number of nitrogens with one attached hydrogen (secondary N) is 2. The Kier molecular flexibility index (Phi) is 6.45. The molecule has 0 saturated heterocycles. The lowest BCUT2D eigenvalue weighted by atomic mass is 10.1. The van der Waals surface area contributed by atoms with Gasteiger partial charge in [0, 0.05) is 35.7 Å². The number of amides is 1. The van der Waals surface area contributed by atoms with E-state index in [4.69, 9.17) is 9.15 Å². The van der Waals surface area contributed by atoms with E-state index < -0.39 is 10.0 Å². The molecule has 1 aliphatic heterocycles. The van der Waals surface area contributed by atoms with Gasteiger partial charge < -0.3 is 14.5 Å². The van der Waals surface area contributed by atoms with Crippen LogP contribution in [0.5, 0.6) is 5.75 Å². The first-order valence-electron chi connectivity index (χ1n) is 10.4. The van der Waals surface area contributed by atoms with Crippen LogP contribution in [-0.4, -0.2) is 33.8 Å². The Bertz CT molecular complexity index is 1260. The minimum atomic E-state index is -3.78. The molecule has 0 fully saturated rings. The number of methoxy groups -OCH3 is 1. The van der Waals surface area contributed by atoms with Crippen LogP contribution in [0.4, 0.5) is 5.69 Å². The van der Waals surface area contributed by atoms with Crippen molar-refractivity contribution in [3.05, 3.63) is 54.3 Å². The standard InChI is InChI=1S/C23H25N3O5S/c1-30-18-9-10-20-16(15-31-21(20)14-18)12-23(27)25-17-6-5-7-19(13-17)32(28,29)26-22-8-3-2-4-11-24-22/h5-7,9-10,13-15H,2-4,8,11-12H2,1H3,(H,24,26)(H,25,27). The number of rotatable bonds is 6. The number of carbonyl (C=O) groups is 1. The number of anilines is 1. The Morgan fingerprint density at radius 2 is 2.03 bits per heavy atom. The number of aliphatic imine (C=N–C) groups is 1. The van der Waals surface area contributed by atoms with Crippen molar-refractivity contribution in [3.63, 3.8) is 0 Å². The lowest BCUT2D eigenvalue weighted by Gasteiger charge is -2.11. The van der Waals surface area contributed by atoms with Crippen LogP contribution in [-0.2, 0) is 21.2 Å². The van der Waals surface area contributed by atoms with Crippen LogP contribution in [0.3, 0.4) is 0 Å². The first-order chi connectivity index (χ1) is 15.4. The van der Waals surface area contributed by atoms with Gasteiger partial charge in [-0.3, -0.25) is 14.5 Å². The smallest absolute Gasteiger partial charge is 0.262 e. The molecule has 0 radical (unpaired) electrons. The lowest BCUT2D eigenvalue weighted by molar-refractivity contribution is -0.115. The molecule has 32 heavy (non-hydrogen) atoms. The van der Waals surface area contributed by atoms with E-state index in [1.165, 1.54) is 12.1 Å². The van der Waals surface area contributed by atoms with E-state index in [2.05, 4.69) is 15.0 Å². The molecule has 3 aromatic rings. The third-order valence-corrected chi connectivity index (χ3v) is 6.65. The summed E-state index contributed by atoms with van der Waals surface area (Å²) in [5, 5.41) is 3.59. The van der Waals surface area contributed by atoms with Crippen molar-refractivity contribution in [1.29, 1.82) is 0 Å². The summed E-state index contributed by atoms with van der Waals surface area (Å²) in [6.07, 6.45) is 5.16. The highest BCUT2D eigenvalue weighted by Crippen LogP contribution is 2.26. The maximum Gasteiger partial charge on any atom is 0.262 e. The van der Waals surface area contributed by atoms with Crippen molar-refractivity contribution >= 4 is 38.4 Å². The average molecular weight is 456 g/mol. The van der Waals surface area contributed by atoms with Crippen LogP contribution >= 0.6 is 0 Å². The molecule has 1 aromatic heterocycles. The zero-order chi connectivity index (χ0) is 22.6. The first-order valence-corrected chi connectivity index (χ1v) is 11.9. The Morgan fingerprint density at radius 1 is 1.16 bits per heavy atom. The van der Waals surface area contributed by atoms with E-state index >= 15 is 0 Å². The monoisotopic (exact) mass is 455 g/mol. The fraction of sp³-hybridized carbons (Fsp3) is 0.304. The molecule has 2 aromatic carbocycles. The number of benzene rings is 2. The van der Waals surface area contributed by atoms with Crippen molar-refractivity contribution in [2.45, 2.75) is 37.0 Å². The van der Waals surface area contributed by atoms with Gasteiger partial charge in [0.2, 0.25) is 5.91 Å². The molecule has 0 saturated carbocycles. The minimum Gasteiger partial charge on any atom is -0.497 e. The number of amidine groups is 1. The quantitative estimate of drug-likeness (QED) is 0.586. The summed E-state index contributed by atoms with van der Waals surface area (Å²) in [6, 6.07) is 11.6. The highest BCUT2D eigenvalue weighted by atomic mass is 32.2. The molecule has 0 aliphatic carbocycles. The van der Waals surface area contributed by atoms with Gasteiger partial charge in [0.15, 0.2) is 0 Å². The molecule has 0 atom stereocenters. The summed E-state index contributed by atoms with van der Waals surface area (Å²) in [7, 11) is -2.20. The van der Waals surface area contributed by atoms with Crippen molar-refractivity contribution < 1.29 is 22.4 Å². The summed E-state index contributed by atoms with van der Waals surface area (Å²) in [4.78, 5) is 17.0. The SMILES string of the molecule is COc1ccc2c(CC(=O)Nc3cccc(S(=O)(=O)NC4=NCCCCC4)c3)coc2c1. The number of carbonyl (C=O) groups excluding carboxylic acids is 1. The van der Waals surface area contributed by atoms with Crippen LogP contribution in [0, 0.1) is 0 Å². The summed E-state index contributed by atoms with van der Waals surface area (Å²) < 4.78 is 38.9. The summed E-state index contributed by atoms with van der Waals surface area (Å²) in [5.74, 6) is 0.879. The normalized spacial score (nSPS) is 14.5. The molecule has 2 N–H and O–H groups in total. The van der Waals surface area contributed by atoms with E-state index in [-0.39, 0.29) is 17.2 Å². The fourth-order valence-electron chi connectivity index (χ4n) is 3.62. The maximum absolute atomic E-state index is 12.8. The Hall–Kier alpha value is -3.33. The number of furan rings is 1. The van der Waals surface area contributed by atoms with Crippen molar-refractivity contribution in [2.75, 3.05) is 19.0 Å². The number of fused-ring (bicyclic) bond motifs is 1. The fourth-order valence-corrected chi connectivity index (χ4v) is 4.75. The third kappa shape index (κ3) is 5.11. The lowest BCUT2D eigenvalue weighted by Crippen LogP contribution is -2.30. The second-order valence-electron chi connectivity index (χ2n) is 7.62. The van der Waals surface area contributed by atoms with E-state index in [1.54, 1.807) is 37.6 Å². The van der Waals surface area contributed by atoms with Crippen LogP contribution < -0.4 is 14.8 Å². The molecule has 9 heteroatoms. The Balaban J connectivity index is 1.45. The van der Waals surface area contributed by atoms with Crippen LogP contribution in [0.25, 0.3) is 11.0 Å². The second-order valence-corrected chi connectivity index (χ2v) is 9.30. The van der Waals surface area contributed by atoms with Crippen molar-refractivity contribution in [3.8, 4) is 5.75 Å². The zero-order valence-electron chi connectivity index (χ0n) is 17.8. The first kappa shape index (κ1) is 21.9. The van der Waals surface area contributed by atoms with Crippen LogP contribution in [0.1, 0.15) is 31.2 Å². The van der Waals surface area contributed by atoms with E-state index in [0.29, 0.717) is 35.8 Å². The number of hydrogen-bond donors (Lipinski definition) is 2. The highest BCUT2D eigenvalue weighted by Gasteiger charge is 2.18. The summed E-state index contributed by atoms with van der Waals surface area (Å²) >= 11 is 0. The van der Waals surface area contributed by atoms with Gasteiger partial charge in [-0.2, -0.15) is 0 Å². The number of hydrogen-bond acceptors (Lipinski definition) is 6. The Morgan fingerprint density at radius 3 is 2.88 bits per heavy atom. The minimum absolute atomic E-state index is 0.0723. The highest BCUT2D eigenvalue weighted by molar-refractivity contribution is 7.90. The Labute approximate surface area is 186 Å². The number of sulfonamides is 1.